The molecule has 29 heavy (non-hydrogen) atoms. The molecule has 0 radical (unpaired) electrons. The van der Waals surface area contributed by atoms with E-state index in [-0.39, 0.29) is 12.1 Å². The lowest BCUT2D eigenvalue weighted by atomic mass is 9.90. The van der Waals surface area contributed by atoms with Gasteiger partial charge in [0.05, 0.1) is 15.3 Å². The Kier molecular flexibility index (Phi) is 5.42. The van der Waals surface area contributed by atoms with E-state index >= 15 is 0 Å². The van der Waals surface area contributed by atoms with Crippen LogP contribution >= 0.6 is 11.3 Å². The summed E-state index contributed by atoms with van der Waals surface area (Å²) < 4.78 is 7.54. The van der Waals surface area contributed by atoms with Crippen LogP contribution in [0.5, 0.6) is 0 Å². The van der Waals surface area contributed by atoms with E-state index in [1.54, 1.807) is 23.3 Å². The summed E-state index contributed by atoms with van der Waals surface area (Å²) in [6.45, 7) is 2.17. The Morgan fingerprint density at radius 1 is 1.41 bits per heavy atom. The zero-order valence-electron chi connectivity index (χ0n) is 16.2. The number of ether oxygens (including phenoxy) is 1. The molecular formula is C19H19BN6O2S. The highest BCUT2D eigenvalue weighted by molar-refractivity contribution is 7.20. The van der Waals surface area contributed by atoms with E-state index in [1.807, 2.05) is 13.9 Å². The lowest BCUT2D eigenvalue weighted by molar-refractivity contribution is -0.114. The van der Waals surface area contributed by atoms with Crippen molar-refractivity contribution in [3.05, 3.63) is 30.2 Å². The normalized spacial score (nSPS) is 16.3. The number of anilines is 1. The van der Waals surface area contributed by atoms with Crippen molar-refractivity contribution in [2.24, 2.45) is 0 Å². The number of thiophene rings is 1. The predicted octanol–water partition coefficient (Wildman–Crippen LogP) is 1.86. The number of pyridine rings is 1. The van der Waals surface area contributed by atoms with Crippen molar-refractivity contribution < 1.29 is 9.53 Å². The molecule has 1 N–H and O–H groups in total. The lowest BCUT2D eigenvalue weighted by Crippen LogP contribution is -2.18. The van der Waals surface area contributed by atoms with Crippen molar-refractivity contribution >= 4 is 36.4 Å². The topological polar surface area (TPSA) is 106 Å². The first-order chi connectivity index (χ1) is 14.1. The van der Waals surface area contributed by atoms with Gasteiger partial charge in [-0.25, -0.2) is 14.6 Å². The van der Waals surface area contributed by atoms with Gasteiger partial charge < -0.3 is 10.1 Å². The minimum absolute atomic E-state index is 0.0828. The van der Waals surface area contributed by atoms with Crippen molar-refractivity contribution in [3.8, 4) is 27.2 Å². The summed E-state index contributed by atoms with van der Waals surface area (Å²) in [5.74, 6) is 0.835. The van der Waals surface area contributed by atoms with Crippen LogP contribution in [0.15, 0.2) is 24.7 Å². The van der Waals surface area contributed by atoms with Crippen molar-refractivity contribution in [1.82, 2.24) is 19.7 Å². The fourth-order valence-corrected chi connectivity index (χ4v) is 4.52. The third-order valence-electron chi connectivity index (χ3n) is 4.75. The van der Waals surface area contributed by atoms with Gasteiger partial charge in [-0.15, -0.1) is 16.4 Å². The minimum Gasteiger partial charge on any atom is -0.356 e. The van der Waals surface area contributed by atoms with Gasteiger partial charge in [-0.1, -0.05) is 0 Å². The molecule has 1 unspecified atom stereocenters. The molecule has 1 atom stereocenters. The first kappa shape index (κ1) is 19.3. The zero-order valence-corrected chi connectivity index (χ0v) is 17.0. The number of amides is 1. The predicted molar refractivity (Wildman–Crippen MR) is 113 cm³/mol. The van der Waals surface area contributed by atoms with E-state index in [2.05, 4.69) is 26.5 Å². The van der Waals surface area contributed by atoms with Gasteiger partial charge >= 0.3 is 0 Å². The van der Waals surface area contributed by atoms with Crippen LogP contribution in [-0.4, -0.2) is 40.1 Å². The van der Waals surface area contributed by atoms with Crippen LogP contribution < -0.4 is 10.8 Å². The molecule has 8 nitrogen and oxygen atoms in total. The molecule has 1 fully saturated rings. The van der Waals surface area contributed by atoms with Gasteiger partial charge in [0.1, 0.15) is 26.1 Å². The van der Waals surface area contributed by atoms with Gasteiger partial charge in [0.2, 0.25) is 5.91 Å². The highest BCUT2D eigenvalue weighted by atomic mass is 32.1. The number of carbonyl (C=O) groups is 1. The summed E-state index contributed by atoms with van der Waals surface area (Å²) in [5, 5.41) is 17.0. The maximum Gasteiger partial charge on any atom is 0.222 e. The molecule has 4 heterocycles. The van der Waals surface area contributed by atoms with E-state index < -0.39 is 0 Å². The maximum absolute atomic E-state index is 11.3. The van der Waals surface area contributed by atoms with Crippen molar-refractivity contribution in [2.45, 2.75) is 32.4 Å². The molecule has 0 aliphatic carbocycles. The highest BCUT2D eigenvalue weighted by Crippen LogP contribution is 2.35. The number of aromatic nitrogens is 4. The van der Waals surface area contributed by atoms with Gasteiger partial charge in [0.25, 0.3) is 0 Å². The Bertz CT molecular complexity index is 1100. The number of carbonyl (C=O) groups excluding carboxylic acids is 1. The van der Waals surface area contributed by atoms with E-state index in [0.29, 0.717) is 17.2 Å². The lowest BCUT2D eigenvalue weighted by Gasteiger charge is -2.21. The number of hydrogen-bond acceptors (Lipinski definition) is 7. The molecule has 1 saturated heterocycles. The second-order valence-electron chi connectivity index (χ2n) is 6.85. The molecule has 0 bridgehead atoms. The minimum atomic E-state index is -0.196. The first-order valence-corrected chi connectivity index (χ1v) is 10.2. The van der Waals surface area contributed by atoms with E-state index in [1.165, 1.54) is 18.3 Å². The Morgan fingerprint density at radius 2 is 2.28 bits per heavy atom. The summed E-state index contributed by atoms with van der Waals surface area (Å²) in [6.07, 6.45) is 6.33. The summed E-state index contributed by atoms with van der Waals surface area (Å²) in [7, 11) is 1.90. The van der Waals surface area contributed by atoms with Crippen LogP contribution in [0.25, 0.3) is 21.1 Å². The molecule has 10 heteroatoms. The third kappa shape index (κ3) is 3.92. The summed E-state index contributed by atoms with van der Waals surface area (Å²) in [4.78, 5) is 21.6. The third-order valence-corrected chi connectivity index (χ3v) is 6.08. The number of nitriles is 1. The molecular weight excluding hydrogens is 387 g/mol. The fourth-order valence-electron chi connectivity index (χ4n) is 3.34. The SMILES string of the molecule is Bc1c(-c2ncn(C3CCCCO3)n2)sc(-c2ccnc(NC(C)=O)c2)c1C#N. The monoisotopic (exact) mass is 406 g/mol. The van der Waals surface area contributed by atoms with E-state index in [4.69, 9.17) is 4.74 Å². The van der Waals surface area contributed by atoms with Gasteiger partial charge in [-0.05, 0) is 42.4 Å². The largest absolute Gasteiger partial charge is 0.356 e. The average Bonchev–Trinajstić information content (AvgIpc) is 3.33. The van der Waals surface area contributed by atoms with Crippen LogP contribution in [-0.2, 0) is 9.53 Å². The van der Waals surface area contributed by atoms with Gasteiger partial charge in [0, 0.05) is 19.7 Å². The molecule has 0 aromatic carbocycles. The summed E-state index contributed by atoms with van der Waals surface area (Å²) >= 11 is 1.46. The van der Waals surface area contributed by atoms with Gasteiger partial charge in [-0.2, -0.15) is 5.26 Å². The zero-order chi connectivity index (χ0) is 20.4. The van der Waals surface area contributed by atoms with Crippen LogP contribution in [0.1, 0.15) is 38.0 Å². The quantitative estimate of drug-likeness (QED) is 0.663. The number of nitrogens with one attached hydrogen (secondary N) is 1. The Labute approximate surface area is 173 Å². The van der Waals surface area contributed by atoms with Crippen LogP contribution in [0.3, 0.4) is 0 Å². The molecule has 146 valence electrons. The van der Waals surface area contributed by atoms with Crippen LogP contribution in [0.2, 0.25) is 0 Å². The van der Waals surface area contributed by atoms with E-state index in [9.17, 15) is 10.1 Å². The fraction of sp³-hybridized carbons (Fsp3) is 0.316. The molecule has 0 spiro atoms. The number of rotatable bonds is 4. The smallest absolute Gasteiger partial charge is 0.222 e. The summed E-state index contributed by atoms with van der Waals surface area (Å²) in [5.41, 5.74) is 2.23. The Balaban J connectivity index is 1.71. The molecule has 4 rings (SSSR count). The number of hydrogen-bond donors (Lipinski definition) is 1. The summed E-state index contributed by atoms with van der Waals surface area (Å²) in [6, 6.07) is 5.88. The van der Waals surface area contributed by atoms with Crippen molar-refractivity contribution in [1.29, 1.82) is 5.26 Å². The second-order valence-corrected chi connectivity index (χ2v) is 7.87. The molecule has 1 aliphatic rings. The van der Waals surface area contributed by atoms with E-state index in [0.717, 1.165) is 46.6 Å². The van der Waals surface area contributed by atoms with Crippen molar-refractivity contribution in [3.63, 3.8) is 0 Å². The molecule has 0 saturated carbocycles. The van der Waals surface area contributed by atoms with Crippen LogP contribution in [0, 0.1) is 11.3 Å². The molecule has 1 amide bonds. The number of nitrogens with zero attached hydrogens (tertiary/aromatic N) is 5. The second kappa shape index (κ2) is 8.15. The van der Waals surface area contributed by atoms with Crippen LogP contribution in [0.4, 0.5) is 5.82 Å². The Hall–Kier alpha value is -3.03. The standard InChI is InChI=1S/C19H19BN6O2S/c1-11(27)24-14-8-12(5-6-22-14)17-13(9-21)16(20)18(29-17)19-23-10-26(25-19)15-4-2-3-7-28-15/h5-6,8,10,15H,2-4,7,20H2,1H3,(H,22,24,27). The highest BCUT2D eigenvalue weighted by Gasteiger charge is 2.22. The maximum atomic E-state index is 11.3. The van der Waals surface area contributed by atoms with Gasteiger partial charge in [0.15, 0.2) is 12.1 Å². The van der Waals surface area contributed by atoms with Gasteiger partial charge in [-0.3, -0.25) is 4.79 Å². The molecule has 3 aromatic heterocycles. The first-order valence-electron chi connectivity index (χ1n) is 9.37. The Morgan fingerprint density at radius 3 is 3.00 bits per heavy atom. The average molecular weight is 406 g/mol. The molecule has 3 aromatic rings. The van der Waals surface area contributed by atoms with Crippen molar-refractivity contribution in [2.75, 3.05) is 11.9 Å². The molecule has 1 aliphatic heterocycles.